The van der Waals surface area contributed by atoms with Gasteiger partial charge in [-0.05, 0) is 12.5 Å². The van der Waals surface area contributed by atoms with Gasteiger partial charge in [0.05, 0.1) is 26.0 Å². The zero-order valence-electron chi connectivity index (χ0n) is 11.6. The monoisotopic (exact) mass is 299 g/mol. The van der Waals surface area contributed by atoms with Crippen molar-refractivity contribution in [1.29, 1.82) is 0 Å². The molecule has 1 aromatic heterocycles. The number of carbonyl (C=O) groups excluding carboxylic acids is 2. The number of nitrogens with zero attached hydrogens (tertiary/aromatic N) is 1. The van der Waals surface area contributed by atoms with Crippen molar-refractivity contribution >= 4 is 23.4 Å². The van der Waals surface area contributed by atoms with Gasteiger partial charge in [-0.15, -0.1) is 11.6 Å². The van der Waals surface area contributed by atoms with Crippen LogP contribution >= 0.6 is 11.6 Å². The van der Waals surface area contributed by atoms with Crippen molar-refractivity contribution in [2.24, 2.45) is 0 Å². The maximum Gasteiger partial charge on any atom is 0.306 e. The second-order valence-electron chi connectivity index (χ2n) is 4.22. The summed E-state index contributed by atoms with van der Waals surface area (Å²) in [5.41, 5.74) is 0.789. The van der Waals surface area contributed by atoms with Crippen molar-refractivity contribution in [3.05, 3.63) is 23.9 Å². The summed E-state index contributed by atoms with van der Waals surface area (Å²) in [6, 6.07) is 3.48. The molecule has 0 spiro atoms. The Bertz CT molecular complexity index is 447. The maximum atomic E-state index is 11.6. The molecule has 0 aliphatic heterocycles. The van der Waals surface area contributed by atoms with Crippen LogP contribution in [0.25, 0.3) is 0 Å². The van der Waals surface area contributed by atoms with Crippen LogP contribution in [0.5, 0.6) is 5.88 Å². The number of alkyl halides is 1. The van der Waals surface area contributed by atoms with Crippen molar-refractivity contribution in [2.75, 3.05) is 19.6 Å². The molecule has 0 saturated carbocycles. The lowest BCUT2D eigenvalue weighted by atomic mass is 9.92. The molecule has 5 nitrogen and oxygen atoms in total. The van der Waals surface area contributed by atoms with Crippen LogP contribution in [0.4, 0.5) is 0 Å². The minimum absolute atomic E-state index is 0.0666. The number of rotatable bonds is 8. The number of ketones is 1. The summed E-state index contributed by atoms with van der Waals surface area (Å²) in [5.74, 6) is -0.318. The Morgan fingerprint density at radius 3 is 2.60 bits per heavy atom. The molecular weight excluding hydrogens is 282 g/mol. The molecule has 0 aromatic carbocycles. The summed E-state index contributed by atoms with van der Waals surface area (Å²) in [6.07, 6.45) is 1.92. The molecule has 1 aromatic rings. The molecule has 0 bridgehead atoms. The summed E-state index contributed by atoms with van der Waals surface area (Å²) >= 11 is 5.53. The lowest BCUT2D eigenvalue weighted by molar-refractivity contribution is -0.143. The van der Waals surface area contributed by atoms with E-state index < -0.39 is 0 Å². The number of carbonyl (C=O) groups is 2. The Balaban J connectivity index is 2.84. The third kappa shape index (κ3) is 5.17. The number of pyridine rings is 1. The van der Waals surface area contributed by atoms with Gasteiger partial charge in [-0.1, -0.05) is 6.07 Å². The smallest absolute Gasteiger partial charge is 0.306 e. The molecule has 1 rings (SSSR count). The van der Waals surface area contributed by atoms with E-state index in [0.717, 1.165) is 5.56 Å². The number of ether oxygens (including phenoxy) is 2. The Morgan fingerprint density at radius 2 is 2.10 bits per heavy atom. The number of hydrogen-bond acceptors (Lipinski definition) is 5. The number of Topliss-reactive ketones (excluding diaryl/α,β-unsaturated/α-hetero) is 1. The third-order valence-electron chi connectivity index (χ3n) is 2.78. The molecule has 0 amide bonds. The average molecular weight is 300 g/mol. The number of aromatic nitrogens is 1. The van der Waals surface area contributed by atoms with E-state index in [0.29, 0.717) is 12.5 Å². The van der Waals surface area contributed by atoms with E-state index in [1.807, 2.05) is 0 Å². The Morgan fingerprint density at radius 1 is 1.35 bits per heavy atom. The van der Waals surface area contributed by atoms with E-state index in [1.165, 1.54) is 7.11 Å². The van der Waals surface area contributed by atoms with Crippen LogP contribution in [0.3, 0.4) is 0 Å². The molecule has 0 aliphatic carbocycles. The SMILES string of the molecule is CCOC(=O)CC(CC(=O)CCl)c1ccc(OC)nc1. The summed E-state index contributed by atoms with van der Waals surface area (Å²) in [6.45, 7) is 2.06. The summed E-state index contributed by atoms with van der Waals surface area (Å²) < 4.78 is 9.91. The fourth-order valence-corrected chi connectivity index (χ4v) is 1.92. The molecule has 0 fully saturated rings. The zero-order valence-corrected chi connectivity index (χ0v) is 12.4. The summed E-state index contributed by atoms with van der Waals surface area (Å²) in [4.78, 5) is 27.2. The van der Waals surface area contributed by atoms with Gasteiger partial charge in [0.15, 0.2) is 0 Å². The van der Waals surface area contributed by atoms with Crippen molar-refractivity contribution in [2.45, 2.75) is 25.7 Å². The fourth-order valence-electron chi connectivity index (χ4n) is 1.81. The van der Waals surface area contributed by atoms with Crippen molar-refractivity contribution in [3.63, 3.8) is 0 Å². The highest BCUT2D eigenvalue weighted by molar-refractivity contribution is 6.27. The van der Waals surface area contributed by atoms with Crippen LogP contribution in [-0.2, 0) is 14.3 Å². The van der Waals surface area contributed by atoms with Crippen LogP contribution in [0, 0.1) is 0 Å². The van der Waals surface area contributed by atoms with Gasteiger partial charge in [-0.2, -0.15) is 0 Å². The van der Waals surface area contributed by atoms with Crippen LogP contribution in [-0.4, -0.2) is 36.3 Å². The molecule has 0 saturated heterocycles. The normalized spacial score (nSPS) is 11.8. The van der Waals surface area contributed by atoms with Gasteiger partial charge in [0.2, 0.25) is 5.88 Å². The van der Waals surface area contributed by atoms with Gasteiger partial charge in [0.25, 0.3) is 0 Å². The highest BCUT2D eigenvalue weighted by atomic mass is 35.5. The molecule has 0 radical (unpaired) electrons. The lowest BCUT2D eigenvalue weighted by Gasteiger charge is -2.15. The van der Waals surface area contributed by atoms with E-state index in [9.17, 15) is 9.59 Å². The van der Waals surface area contributed by atoms with Crippen LogP contribution in [0.1, 0.15) is 31.2 Å². The molecule has 0 aliphatic rings. The van der Waals surface area contributed by atoms with Crippen molar-refractivity contribution < 1.29 is 19.1 Å². The molecule has 1 atom stereocenters. The van der Waals surface area contributed by atoms with Crippen LogP contribution in [0.15, 0.2) is 18.3 Å². The van der Waals surface area contributed by atoms with Gasteiger partial charge >= 0.3 is 5.97 Å². The van der Waals surface area contributed by atoms with E-state index in [1.54, 1.807) is 25.3 Å². The second-order valence-corrected chi connectivity index (χ2v) is 4.48. The first-order valence-corrected chi connectivity index (χ1v) is 6.87. The highest BCUT2D eigenvalue weighted by Gasteiger charge is 2.20. The van der Waals surface area contributed by atoms with Crippen LogP contribution < -0.4 is 4.74 Å². The fraction of sp³-hybridized carbons (Fsp3) is 0.500. The van der Waals surface area contributed by atoms with Gasteiger partial charge in [0.1, 0.15) is 5.78 Å². The largest absolute Gasteiger partial charge is 0.481 e. The molecule has 1 heterocycles. The summed E-state index contributed by atoms with van der Waals surface area (Å²) in [7, 11) is 1.52. The first-order valence-electron chi connectivity index (χ1n) is 6.33. The number of hydrogen-bond donors (Lipinski definition) is 0. The van der Waals surface area contributed by atoms with E-state index >= 15 is 0 Å². The lowest BCUT2D eigenvalue weighted by Crippen LogP contribution is -2.15. The summed E-state index contributed by atoms with van der Waals surface area (Å²) in [5, 5.41) is 0. The number of halogens is 1. The Kier molecular flexibility index (Phi) is 7.01. The molecule has 0 N–H and O–H groups in total. The Hall–Kier alpha value is -1.62. The minimum atomic E-state index is -0.337. The number of esters is 1. The Labute approximate surface area is 123 Å². The van der Waals surface area contributed by atoms with Crippen molar-refractivity contribution in [1.82, 2.24) is 4.98 Å². The van der Waals surface area contributed by atoms with Gasteiger partial charge in [-0.25, -0.2) is 4.98 Å². The minimum Gasteiger partial charge on any atom is -0.481 e. The maximum absolute atomic E-state index is 11.6. The molecular formula is C14H18ClNO4. The van der Waals surface area contributed by atoms with E-state index in [2.05, 4.69) is 4.98 Å². The predicted molar refractivity (Wildman–Crippen MR) is 75.1 cm³/mol. The quantitative estimate of drug-likeness (QED) is 0.544. The first-order chi connectivity index (χ1) is 9.60. The number of methoxy groups -OCH3 is 1. The second kappa shape index (κ2) is 8.53. The average Bonchev–Trinajstić information content (AvgIpc) is 2.46. The van der Waals surface area contributed by atoms with Gasteiger partial charge in [0, 0.05) is 24.6 Å². The molecule has 20 heavy (non-hydrogen) atoms. The van der Waals surface area contributed by atoms with E-state index in [-0.39, 0.29) is 36.4 Å². The van der Waals surface area contributed by atoms with Crippen molar-refractivity contribution in [3.8, 4) is 5.88 Å². The molecule has 110 valence electrons. The van der Waals surface area contributed by atoms with Crippen LogP contribution in [0.2, 0.25) is 0 Å². The van der Waals surface area contributed by atoms with Gasteiger partial charge < -0.3 is 9.47 Å². The zero-order chi connectivity index (χ0) is 15.0. The van der Waals surface area contributed by atoms with Gasteiger partial charge in [-0.3, -0.25) is 9.59 Å². The highest BCUT2D eigenvalue weighted by Crippen LogP contribution is 2.25. The molecule has 1 unspecified atom stereocenters. The first kappa shape index (κ1) is 16.4. The predicted octanol–water partition coefficient (Wildman–Crippen LogP) is 2.33. The standard InChI is InChI=1S/C14H18ClNO4/c1-3-20-14(18)7-11(6-12(17)8-15)10-4-5-13(19-2)16-9-10/h4-5,9,11H,3,6-8H2,1-2H3. The molecule has 6 heteroatoms. The van der Waals surface area contributed by atoms with E-state index in [4.69, 9.17) is 21.1 Å². The topological polar surface area (TPSA) is 65.5 Å². The third-order valence-corrected chi connectivity index (χ3v) is 3.08.